The van der Waals surface area contributed by atoms with Crippen molar-refractivity contribution in [2.24, 2.45) is 0 Å². The van der Waals surface area contributed by atoms with Gasteiger partial charge in [-0.2, -0.15) is 13.2 Å². The molecule has 20 heavy (non-hydrogen) atoms. The van der Waals surface area contributed by atoms with Crippen molar-refractivity contribution >= 4 is 6.29 Å². The maximum Gasteiger partial charge on any atom is 0.416 e. The summed E-state index contributed by atoms with van der Waals surface area (Å²) in [5.41, 5.74) is 0.496. The van der Waals surface area contributed by atoms with Gasteiger partial charge in [0.05, 0.1) is 23.9 Å². The number of hydrogen-bond acceptors (Lipinski definition) is 3. The highest BCUT2D eigenvalue weighted by Crippen LogP contribution is 2.31. The minimum Gasteiger partial charge on any atom is -0.480 e. The number of hydrogen-bond donors (Lipinski definition) is 0. The van der Waals surface area contributed by atoms with E-state index >= 15 is 0 Å². The van der Waals surface area contributed by atoms with E-state index in [0.29, 0.717) is 17.5 Å². The fourth-order valence-electron chi connectivity index (χ4n) is 1.70. The summed E-state index contributed by atoms with van der Waals surface area (Å²) in [6, 6.07) is 7.67. The highest BCUT2D eigenvalue weighted by Gasteiger charge is 2.30. The maximum absolute atomic E-state index is 12.5. The molecule has 1 aromatic heterocycles. The van der Waals surface area contributed by atoms with Crippen molar-refractivity contribution in [2.75, 3.05) is 7.11 Å². The summed E-state index contributed by atoms with van der Waals surface area (Å²) in [6.07, 6.45) is -3.77. The Hall–Kier alpha value is -2.37. The van der Waals surface area contributed by atoms with Gasteiger partial charge < -0.3 is 4.74 Å². The van der Waals surface area contributed by atoms with Crippen LogP contribution >= 0.6 is 0 Å². The van der Waals surface area contributed by atoms with Crippen LogP contribution in [0.2, 0.25) is 0 Å². The number of methoxy groups -OCH3 is 1. The van der Waals surface area contributed by atoms with E-state index in [1.54, 1.807) is 6.07 Å². The molecule has 0 radical (unpaired) electrons. The second-order valence-corrected chi connectivity index (χ2v) is 3.99. The van der Waals surface area contributed by atoms with Gasteiger partial charge >= 0.3 is 6.18 Å². The molecule has 0 fully saturated rings. The lowest BCUT2D eigenvalue weighted by Crippen LogP contribution is -2.04. The number of rotatable bonds is 3. The Balaban J connectivity index is 2.39. The SMILES string of the molecule is COc1nc(-c2ccc(C(F)(F)F)cc2)ccc1C=O. The van der Waals surface area contributed by atoms with E-state index in [1.165, 1.54) is 25.3 Å². The third kappa shape index (κ3) is 2.79. The molecule has 0 saturated carbocycles. The average molecular weight is 281 g/mol. The number of carbonyl (C=O) groups excluding carboxylic acids is 1. The maximum atomic E-state index is 12.5. The van der Waals surface area contributed by atoms with Crippen molar-refractivity contribution in [1.82, 2.24) is 4.98 Å². The molecule has 1 heterocycles. The van der Waals surface area contributed by atoms with Crippen LogP contribution in [0.4, 0.5) is 13.2 Å². The largest absolute Gasteiger partial charge is 0.480 e. The zero-order chi connectivity index (χ0) is 14.8. The van der Waals surface area contributed by atoms with E-state index in [4.69, 9.17) is 4.74 Å². The number of benzene rings is 1. The summed E-state index contributed by atoms with van der Waals surface area (Å²) in [6.45, 7) is 0. The first-order chi connectivity index (χ1) is 9.45. The van der Waals surface area contributed by atoms with Gasteiger partial charge in [-0.05, 0) is 24.3 Å². The molecule has 1 aromatic carbocycles. The fourth-order valence-corrected chi connectivity index (χ4v) is 1.70. The molecule has 104 valence electrons. The molecule has 0 aliphatic carbocycles. The zero-order valence-electron chi connectivity index (χ0n) is 10.4. The highest BCUT2D eigenvalue weighted by atomic mass is 19.4. The average Bonchev–Trinajstić information content (AvgIpc) is 2.45. The summed E-state index contributed by atoms with van der Waals surface area (Å²) in [4.78, 5) is 14.8. The smallest absolute Gasteiger partial charge is 0.416 e. The van der Waals surface area contributed by atoms with Gasteiger partial charge in [0.15, 0.2) is 6.29 Å². The number of aromatic nitrogens is 1. The van der Waals surface area contributed by atoms with Crippen LogP contribution in [0, 0.1) is 0 Å². The van der Waals surface area contributed by atoms with Gasteiger partial charge in [0, 0.05) is 5.56 Å². The van der Waals surface area contributed by atoms with Crippen LogP contribution in [-0.4, -0.2) is 18.4 Å². The van der Waals surface area contributed by atoms with Gasteiger partial charge in [0.2, 0.25) is 5.88 Å². The first-order valence-corrected chi connectivity index (χ1v) is 5.63. The van der Waals surface area contributed by atoms with Crippen molar-refractivity contribution in [1.29, 1.82) is 0 Å². The van der Waals surface area contributed by atoms with Gasteiger partial charge in [0.1, 0.15) is 0 Å². The monoisotopic (exact) mass is 281 g/mol. The van der Waals surface area contributed by atoms with Crippen molar-refractivity contribution in [3.63, 3.8) is 0 Å². The van der Waals surface area contributed by atoms with E-state index in [9.17, 15) is 18.0 Å². The van der Waals surface area contributed by atoms with Crippen molar-refractivity contribution in [3.05, 3.63) is 47.5 Å². The second kappa shape index (κ2) is 5.32. The molecule has 0 unspecified atom stereocenters. The Bertz CT molecular complexity index is 621. The minimum absolute atomic E-state index is 0.136. The lowest BCUT2D eigenvalue weighted by Gasteiger charge is -2.08. The lowest BCUT2D eigenvalue weighted by molar-refractivity contribution is -0.137. The summed E-state index contributed by atoms with van der Waals surface area (Å²) < 4.78 is 42.3. The molecule has 2 aromatic rings. The number of alkyl halides is 3. The third-order valence-corrected chi connectivity index (χ3v) is 2.72. The van der Waals surface area contributed by atoms with Crippen LogP contribution in [0.25, 0.3) is 11.3 Å². The molecule has 0 N–H and O–H groups in total. The number of nitrogens with zero attached hydrogens (tertiary/aromatic N) is 1. The molecule has 0 atom stereocenters. The predicted molar refractivity (Wildman–Crippen MR) is 66.6 cm³/mol. The van der Waals surface area contributed by atoms with Gasteiger partial charge in [-0.3, -0.25) is 4.79 Å². The minimum atomic E-state index is -4.37. The molecule has 0 aliphatic rings. The fraction of sp³-hybridized carbons (Fsp3) is 0.143. The van der Waals surface area contributed by atoms with Crippen LogP contribution in [-0.2, 0) is 6.18 Å². The first-order valence-electron chi connectivity index (χ1n) is 5.63. The number of aldehydes is 1. The molecular formula is C14H10F3NO2. The Morgan fingerprint density at radius 1 is 1.10 bits per heavy atom. The summed E-state index contributed by atoms with van der Waals surface area (Å²) in [5, 5.41) is 0. The normalized spacial score (nSPS) is 11.2. The standard InChI is InChI=1S/C14H10F3NO2/c1-20-13-10(8-19)4-7-12(18-13)9-2-5-11(6-3-9)14(15,16)17/h2-8H,1H3. The molecule has 6 heteroatoms. The molecule has 2 rings (SSSR count). The van der Waals surface area contributed by atoms with Crippen LogP contribution < -0.4 is 4.74 Å². The van der Waals surface area contributed by atoms with Gasteiger partial charge in [-0.25, -0.2) is 4.98 Å². The summed E-state index contributed by atoms with van der Waals surface area (Å²) >= 11 is 0. The molecule has 0 aliphatic heterocycles. The zero-order valence-corrected chi connectivity index (χ0v) is 10.4. The highest BCUT2D eigenvalue weighted by molar-refractivity contribution is 5.79. The topological polar surface area (TPSA) is 39.2 Å². The van der Waals surface area contributed by atoms with E-state index in [2.05, 4.69) is 4.98 Å². The predicted octanol–water partition coefficient (Wildman–Crippen LogP) is 3.59. The van der Waals surface area contributed by atoms with E-state index < -0.39 is 11.7 Å². The Labute approximate surface area is 113 Å². The Morgan fingerprint density at radius 2 is 1.75 bits per heavy atom. The molecule has 0 bridgehead atoms. The quantitative estimate of drug-likeness (QED) is 0.807. The Morgan fingerprint density at radius 3 is 2.25 bits per heavy atom. The number of pyridine rings is 1. The summed E-state index contributed by atoms with van der Waals surface area (Å²) in [7, 11) is 1.37. The lowest BCUT2D eigenvalue weighted by atomic mass is 10.1. The van der Waals surface area contributed by atoms with E-state index in [-0.39, 0.29) is 11.4 Å². The van der Waals surface area contributed by atoms with Crippen molar-refractivity contribution in [3.8, 4) is 17.1 Å². The molecule has 0 spiro atoms. The summed E-state index contributed by atoms with van der Waals surface area (Å²) in [5.74, 6) is 0.136. The van der Waals surface area contributed by atoms with Crippen LogP contribution in [0.15, 0.2) is 36.4 Å². The van der Waals surface area contributed by atoms with Gasteiger partial charge in [-0.1, -0.05) is 12.1 Å². The van der Waals surface area contributed by atoms with Crippen molar-refractivity contribution in [2.45, 2.75) is 6.18 Å². The van der Waals surface area contributed by atoms with E-state index in [0.717, 1.165) is 12.1 Å². The second-order valence-electron chi connectivity index (χ2n) is 3.99. The van der Waals surface area contributed by atoms with Crippen LogP contribution in [0.5, 0.6) is 5.88 Å². The van der Waals surface area contributed by atoms with Crippen LogP contribution in [0.3, 0.4) is 0 Å². The molecule has 3 nitrogen and oxygen atoms in total. The molecule has 0 saturated heterocycles. The number of halogens is 3. The molecular weight excluding hydrogens is 271 g/mol. The van der Waals surface area contributed by atoms with E-state index in [1.807, 2.05) is 0 Å². The third-order valence-electron chi connectivity index (χ3n) is 2.72. The Kier molecular flexibility index (Phi) is 3.74. The number of ether oxygens (including phenoxy) is 1. The number of carbonyl (C=O) groups is 1. The molecule has 0 amide bonds. The first kappa shape index (κ1) is 14.0. The van der Waals surface area contributed by atoms with Gasteiger partial charge in [0.25, 0.3) is 0 Å². The van der Waals surface area contributed by atoms with Gasteiger partial charge in [-0.15, -0.1) is 0 Å². The van der Waals surface area contributed by atoms with Crippen molar-refractivity contribution < 1.29 is 22.7 Å². The van der Waals surface area contributed by atoms with Crippen LogP contribution in [0.1, 0.15) is 15.9 Å².